The number of likely N-dealkylation sites (N-methyl/N-ethyl adjacent to an activating group) is 1. The topological polar surface area (TPSA) is 60.4 Å². The summed E-state index contributed by atoms with van der Waals surface area (Å²) in [6, 6.07) is 2.46. The maximum atomic E-state index is 10.7. The highest BCUT2D eigenvalue weighted by Gasteiger charge is 2.53. The lowest BCUT2D eigenvalue weighted by atomic mass is 9.60. The number of likely N-dealkylation sites (tertiary alicyclic amines) is 1. The first-order valence-corrected chi connectivity index (χ1v) is 9.72. The zero-order chi connectivity index (χ0) is 18.8. The molecule has 2 bridgehead atoms. The number of aliphatic hydroxyl groups excluding tert-OH is 1. The van der Waals surface area contributed by atoms with Crippen LogP contribution in [0.5, 0.6) is 17.2 Å². The first kappa shape index (κ1) is 17.3. The highest BCUT2D eigenvalue weighted by atomic mass is 16.7. The molecule has 146 valence electrons. The summed E-state index contributed by atoms with van der Waals surface area (Å²) < 4.78 is 23.1. The van der Waals surface area contributed by atoms with Gasteiger partial charge in [-0.05, 0) is 56.5 Å². The highest BCUT2D eigenvalue weighted by Crippen LogP contribution is 2.58. The van der Waals surface area contributed by atoms with Gasteiger partial charge in [0.25, 0.3) is 0 Å². The smallest absolute Gasteiger partial charge is 0.231 e. The molecule has 0 spiro atoms. The van der Waals surface area contributed by atoms with E-state index < -0.39 is 6.10 Å². The summed E-state index contributed by atoms with van der Waals surface area (Å²) in [5.41, 5.74) is 3.60. The van der Waals surface area contributed by atoms with Gasteiger partial charge in [0.15, 0.2) is 11.5 Å². The molecule has 4 atom stereocenters. The Morgan fingerprint density at radius 3 is 2.93 bits per heavy atom. The first-order valence-electron chi connectivity index (χ1n) is 9.72. The highest BCUT2D eigenvalue weighted by molar-refractivity contribution is 5.66. The van der Waals surface area contributed by atoms with Crippen LogP contribution in [0.15, 0.2) is 17.7 Å². The monoisotopic (exact) mass is 373 g/mol. The first-order chi connectivity index (χ1) is 13.1. The molecular weight excluding hydrogens is 346 g/mol. The van der Waals surface area contributed by atoms with Crippen molar-refractivity contribution in [3.05, 3.63) is 28.8 Å². The van der Waals surface area contributed by atoms with Crippen LogP contribution in [0.2, 0.25) is 0 Å². The Labute approximate surface area is 159 Å². The quantitative estimate of drug-likeness (QED) is 0.801. The molecule has 1 saturated heterocycles. The molecule has 1 N–H and O–H groups in total. The minimum atomic E-state index is -0.575. The Morgan fingerprint density at radius 2 is 2.15 bits per heavy atom. The van der Waals surface area contributed by atoms with Crippen LogP contribution >= 0.6 is 0 Å². The van der Waals surface area contributed by atoms with Crippen LogP contribution in [0.25, 0.3) is 0 Å². The molecule has 0 radical (unpaired) electrons. The second-order valence-corrected chi connectivity index (χ2v) is 8.14. The van der Waals surface area contributed by atoms with Crippen molar-refractivity contribution in [2.45, 2.75) is 49.3 Å². The third-order valence-corrected chi connectivity index (χ3v) is 6.99. The summed E-state index contributed by atoms with van der Waals surface area (Å²) in [4.78, 5) is 2.42. The average molecular weight is 373 g/mol. The predicted molar refractivity (Wildman–Crippen MR) is 99.7 cm³/mol. The van der Waals surface area contributed by atoms with Crippen LogP contribution in [-0.4, -0.2) is 62.9 Å². The van der Waals surface area contributed by atoms with E-state index in [-0.39, 0.29) is 18.3 Å². The van der Waals surface area contributed by atoms with E-state index in [2.05, 4.69) is 24.1 Å². The van der Waals surface area contributed by atoms with E-state index in [0.717, 1.165) is 43.7 Å². The molecule has 1 aromatic rings. The lowest BCUT2D eigenvalue weighted by Gasteiger charge is -2.51. The van der Waals surface area contributed by atoms with E-state index in [9.17, 15) is 5.11 Å². The van der Waals surface area contributed by atoms with Gasteiger partial charge in [0, 0.05) is 24.1 Å². The van der Waals surface area contributed by atoms with Gasteiger partial charge < -0.3 is 24.1 Å². The predicted octanol–water partition coefficient (Wildman–Crippen LogP) is 2.02. The fraction of sp³-hybridized carbons (Fsp3) is 0.619. The summed E-state index contributed by atoms with van der Waals surface area (Å²) in [5.74, 6) is 2.28. The lowest BCUT2D eigenvalue weighted by molar-refractivity contribution is -0.0216. The summed E-state index contributed by atoms with van der Waals surface area (Å²) in [7, 11) is 5.58. The molecule has 1 fully saturated rings. The molecule has 1 aromatic carbocycles. The van der Waals surface area contributed by atoms with Gasteiger partial charge in [-0.1, -0.05) is 6.08 Å². The van der Waals surface area contributed by atoms with Crippen molar-refractivity contribution in [2.75, 3.05) is 34.6 Å². The van der Waals surface area contributed by atoms with E-state index in [4.69, 9.17) is 18.9 Å². The summed E-state index contributed by atoms with van der Waals surface area (Å²) in [6.07, 6.45) is 4.95. The Balaban J connectivity index is 1.79. The van der Waals surface area contributed by atoms with Gasteiger partial charge in [-0.25, -0.2) is 0 Å². The molecule has 6 heteroatoms. The van der Waals surface area contributed by atoms with Crippen LogP contribution < -0.4 is 14.2 Å². The number of ether oxygens (including phenoxy) is 4. The third-order valence-electron chi connectivity index (χ3n) is 6.99. The molecular formula is C21H27NO5. The summed E-state index contributed by atoms with van der Waals surface area (Å²) in [6.45, 7) is 1.24. The second-order valence-electron chi connectivity index (χ2n) is 8.14. The van der Waals surface area contributed by atoms with E-state index >= 15 is 0 Å². The standard InChI is InChI=1S/C21H27NO5/c1-22-7-6-21-10-17(24-2)15(23)9-13(21)14(22)5-4-12-8-16-19(27-11-26-16)20(25-3)18(12)21/h8-9,14-15,17,23H,4-7,10-11H2,1-3H3/t14-,15-,17+,21+/m1/s1. The minimum absolute atomic E-state index is 0.199. The number of piperidine rings is 1. The van der Waals surface area contributed by atoms with Crippen molar-refractivity contribution in [3.63, 3.8) is 0 Å². The van der Waals surface area contributed by atoms with Crippen molar-refractivity contribution < 1.29 is 24.1 Å². The SMILES string of the molecule is COc1c2c(cc3c1[C@]14CCN(C)[C@H](CC3)C1=C[C@@H](O)[C@@H](OC)C4)OCO2. The van der Waals surface area contributed by atoms with Gasteiger partial charge in [0.05, 0.1) is 19.3 Å². The summed E-state index contributed by atoms with van der Waals surface area (Å²) in [5, 5.41) is 10.7. The van der Waals surface area contributed by atoms with Gasteiger partial charge in [-0.15, -0.1) is 0 Å². The number of hydrogen-bond acceptors (Lipinski definition) is 6. The molecule has 6 nitrogen and oxygen atoms in total. The van der Waals surface area contributed by atoms with Crippen LogP contribution in [0, 0.1) is 0 Å². The number of fused-ring (bicyclic) bond motifs is 2. The Bertz CT molecular complexity index is 806. The van der Waals surface area contributed by atoms with Crippen molar-refractivity contribution in [1.82, 2.24) is 4.90 Å². The van der Waals surface area contributed by atoms with Crippen molar-refractivity contribution >= 4 is 0 Å². The number of aliphatic hydroxyl groups is 1. The molecule has 27 heavy (non-hydrogen) atoms. The molecule has 4 aliphatic rings. The van der Waals surface area contributed by atoms with Gasteiger partial charge >= 0.3 is 0 Å². The average Bonchev–Trinajstić information content (AvgIpc) is 3.11. The molecule has 0 saturated carbocycles. The van der Waals surface area contributed by atoms with Gasteiger partial charge in [0.2, 0.25) is 12.5 Å². The zero-order valence-electron chi connectivity index (χ0n) is 16.2. The summed E-state index contributed by atoms with van der Waals surface area (Å²) >= 11 is 0. The van der Waals surface area contributed by atoms with Gasteiger partial charge in [-0.3, -0.25) is 4.90 Å². The van der Waals surface area contributed by atoms with E-state index in [1.165, 1.54) is 16.7 Å². The molecule has 2 aliphatic carbocycles. The van der Waals surface area contributed by atoms with Gasteiger partial charge in [-0.2, -0.15) is 0 Å². The van der Waals surface area contributed by atoms with Crippen LogP contribution in [0.3, 0.4) is 0 Å². The lowest BCUT2D eigenvalue weighted by Crippen LogP contribution is -2.54. The maximum absolute atomic E-state index is 10.7. The Morgan fingerprint density at radius 1 is 1.30 bits per heavy atom. The van der Waals surface area contributed by atoms with Crippen molar-refractivity contribution in [3.8, 4) is 17.2 Å². The zero-order valence-corrected chi connectivity index (χ0v) is 16.2. The molecule has 2 heterocycles. The fourth-order valence-electron chi connectivity index (χ4n) is 5.71. The van der Waals surface area contributed by atoms with Crippen LogP contribution in [0.4, 0.5) is 0 Å². The number of aryl methyl sites for hydroxylation is 1. The number of nitrogens with zero attached hydrogens (tertiary/aromatic N) is 1. The fourth-order valence-corrected chi connectivity index (χ4v) is 5.71. The number of hydrogen-bond donors (Lipinski definition) is 1. The molecule has 0 aromatic heterocycles. The molecule has 0 unspecified atom stereocenters. The maximum Gasteiger partial charge on any atom is 0.231 e. The Hall–Kier alpha value is -1.76. The number of methoxy groups -OCH3 is 2. The molecule has 2 aliphatic heterocycles. The van der Waals surface area contributed by atoms with Crippen LogP contribution in [0.1, 0.15) is 30.4 Å². The second kappa shape index (κ2) is 6.12. The third kappa shape index (κ3) is 2.30. The van der Waals surface area contributed by atoms with Gasteiger partial charge in [0.1, 0.15) is 0 Å². The minimum Gasteiger partial charge on any atom is -0.492 e. The van der Waals surface area contributed by atoms with E-state index in [0.29, 0.717) is 11.8 Å². The number of rotatable bonds is 2. The normalized spacial score (nSPS) is 34.4. The largest absolute Gasteiger partial charge is 0.492 e. The number of benzene rings is 1. The van der Waals surface area contributed by atoms with Crippen molar-refractivity contribution in [2.24, 2.45) is 0 Å². The van der Waals surface area contributed by atoms with Crippen LogP contribution in [-0.2, 0) is 16.6 Å². The molecule has 5 rings (SSSR count). The van der Waals surface area contributed by atoms with E-state index in [1.54, 1.807) is 14.2 Å². The van der Waals surface area contributed by atoms with E-state index in [1.807, 2.05) is 0 Å². The van der Waals surface area contributed by atoms with Crippen molar-refractivity contribution in [1.29, 1.82) is 0 Å². The Kier molecular flexibility index (Phi) is 3.93. The molecule has 0 amide bonds.